The van der Waals surface area contributed by atoms with Gasteiger partial charge in [-0.05, 0) is 12.1 Å². The SMILES string of the molecule is O=C(O)CCNCC(=O)Nc1ccc(F)c(F)c1F. The van der Waals surface area contributed by atoms with E-state index in [1.807, 2.05) is 5.32 Å². The molecule has 0 unspecified atom stereocenters. The highest BCUT2D eigenvalue weighted by Gasteiger charge is 2.14. The molecule has 0 heterocycles. The second-order valence-electron chi connectivity index (χ2n) is 3.59. The highest BCUT2D eigenvalue weighted by Crippen LogP contribution is 2.19. The van der Waals surface area contributed by atoms with Crippen LogP contribution in [-0.4, -0.2) is 30.1 Å². The number of carbonyl (C=O) groups is 2. The van der Waals surface area contributed by atoms with Crippen LogP contribution >= 0.6 is 0 Å². The molecule has 19 heavy (non-hydrogen) atoms. The van der Waals surface area contributed by atoms with Crippen LogP contribution in [0.25, 0.3) is 0 Å². The van der Waals surface area contributed by atoms with Crippen LogP contribution in [0.1, 0.15) is 6.42 Å². The van der Waals surface area contributed by atoms with Gasteiger partial charge in [0.25, 0.3) is 0 Å². The normalized spacial score (nSPS) is 10.3. The Labute approximate surface area is 106 Å². The Morgan fingerprint density at radius 2 is 1.84 bits per heavy atom. The first-order valence-corrected chi connectivity index (χ1v) is 5.27. The Bertz CT molecular complexity index is 494. The third-order valence-electron chi connectivity index (χ3n) is 2.11. The van der Waals surface area contributed by atoms with Crippen molar-refractivity contribution in [2.75, 3.05) is 18.4 Å². The van der Waals surface area contributed by atoms with Crippen molar-refractivity contribution in [1.82, 2.24) is 5.32 Å². The van der Waals surface area contributed by atoms with E-state index in [0.29, 0.717) is 6.07 Å². The number of amides is 1. The van der Waals surface area contributed by atoms with Gasteiger partial charge in [0.2, 0.25) is 5.91 Å². The van der Waals surface area contributed by atoms with Crippen molar-refractivity contribution in [3.05, 3.63) is 29.6 Å². The quantitative estimate of drug-likeness (QED) is 0.537. The molecule has 0 fully saturated rings. The van der Waals surface area contributed by atoms with E-state index in [9.17, 15) is 22.8 Å². The zero-order valence-corrected chi connectivity index (χ0v) is 9.67. The topological polar surface area (TPSA) is 78.4 Å². The third-order valence-corrected chi connectivity index (χ3v) is 2.11. The summed E-state index contributed by atoms with van der Waals surface area (Å²) in [5.41, 5.74) is -0.482. The predicted molar refractivity (Wildman–Crippen MR) is 60.1 cm³/mol. The lowest BCUT2D eigenvalue weighted by Crippen LogP contribution is -2.30. The van der Waals surface area contributed by atoms with Crippen LogP contribution in [0.4, 0.5) is 18.9 Å². The first-order valence-electron chi connectivity index (χ1n) is 5.27. The second-order valence-corrected chi connectivity index (χ2v) is 3.59. The molecule has 1 aromatic carbocycles. The van der Waals surface area contributed by atoms with E-state index in [0.717, 1.165) is 6.07 Å². The van der Waals surface area contributed by atoms with Gasteiger partial charge in [-0.2, -0.15) is 0 Å². The van der Waals surface area contributed by atoms with Crippen LogP contribution in [0.15, 0.2) is 12.1 Å². The molecule has 0 aromatic heterocycles. The number of benzene rings is 1. The lowest BCUT2D eigenvalue weighted by atomic mass is 10.2. The van der Waals surface area contributed by atoms with Crippen LogP contribution in [0, 0.1) is 17.5 Å². The molecule has 0 atom stereocenters. The summed E-state index contributed by atoms with van der Waals surface area (Å²) in [6.07, 6.45) is -0.174. The van der Waals surface area contributed by atoms with Crippen LogP contribution in [-0.2, 0) is 9.59 Å². The number of carbonyl (C=O) groups excluding carboxylic acids is 1. The van der Waals surface area contributed by atoms with Gasteiger partial charge in [-0.3, -0.25) is 9.59 Å². The number of hydrogen-bond donors (Lipinski definition) is 3. The van der Waals surface area contributed by atoms with Gasteiger partial charge in [0.05, 0.1) is 18.7 Å². The Kier molecular flexibility index (Phi) is 5.31. The van der Waals surface area contributed by atoms with E-state index in [1.54, 1.807) is 0 Å². The second kappa shape index (κ2) is 6.74. The number of aliphatic carboxylic acids is 1. The number of anilines is 1. The maximum Gasteiger partial charge on any atom is 0.304 e. The van der Waals surface area contributed by atoms with Crippen molar-refractivity contribution < 1.29 is 27.9 Å². The van der Waals surface area contributed by atoms with E-state index in [2.05, 4.69) is 5.32 Å². The van der Waals surface area contributed by atoms with E-state index in [-0.39, 0.29) is 19.5 Å². The van der Waals surface area contributed by atoms with Crippen LogP contribution in [0.3, 0.4) is 0 Å². The summed E-state index contributed by atoms with van der Waals surface area (Å²) in [5, 5.41) is 12.9. The van der Waals surface area contributed by atoms with E-state index in [4.69, 9.17) is 5.11 Å². The Morgan fingerprint density at radius 1 is 1.16 bits per heavy atom. The van der Waals surface area contributed by atoms with Crippen molar-refractivity contribution in [3.8, 4) is 0 Å². The van der Waals surface area contributed by atoms with Gasteiger partial charge in [-0.1, -0.05) is 0 Å². The fourth-order valence-electron chi connectivity index (χ4n) is 1.21. The Morgan fingerprint density at radius 3 is 2.47 bits per heavy atom. The Hall–Kier alpha value is -2.09. The molecule has 104 valence electrons. The molecule has 0 aliphatic carbocycles. The number of halogens is 3. The van der Waals surface area contributed by atoms with Crippen LogP contribution < -0.4 is 10.6 Å². The summed E-state index contributed by atoms with van der Waals surface area (Å²) in [4.78, 5) is 21.5. The highest BCUT2D eigenvalue weighted by molar-refractivity contribution is 5.92. The number of carboxylic acids is 1. The summed E-state index contributed by atoms with van der Waals surface area (Å²) in [5.74, 6) is -6.24. The summed E-state index contributed by atoms with van der Waals surface area (Å²) in [6.45, 7) is -0.214. The maximum atomic E-state index is 13.2. The fraction of sp³-hybridized carbons (Fsp3) is 0.273. The number of carboxylic acid groups (broad SMARTS) is 1. The minimum absolute atomic E-state index is 0.0585. The summed E-state index contributed by atoms with van der Waals surface area (Å²) < 4.78 is 38.7. The summed E-state index contributed by atoms with van der Waals surface area (Å²) in [7, 11) is 0. The lowest BCUT2D eigenvalue weighted by Gasteiger charge is -2.07. The van der Waals surface area contributed by atoms with Crippen LogP contribution in [0.5, 0.6) is 0 Å². The predicted octanol–water partition coefficient (Wildman–Crippen LogP) is 1.11. The minimum atomic E-state index is -1.67. The first-order chi connectivity index (χ1) is 8.91. The molecular formula is C11H11F3N2O3. The van der Waals surface area contributed by atoms with Gasteiger partial charge in [0.1, 0.15) is 0 Å². The maximum absolute atomic E-state index is 13.2. The number of hydrogen-bond acceptors (Lipinski definition) is 3. The van der Waals surface area contributed by atoms with Gasteiger partial charge in [0, 0.05) is 6.54 Å². The van der Waals surface area contributed by atoms with E-state index < -0.39 is 35.0 Å². The molecule has 0 saturated carbocycles. The monoisotopic (exact) mass is 276 g/mol. The molecular weight excluding hydrogens is 265 g/mol. The fourth-order valence-corrected chi connectivity index (χ4v) is 1.21. The zero-order chi connectivity index (χ0) is 14.4. The molecule has 0 aliphatic heterocycles. The molecule has 5 nitrogen and oxygen atoms in total. The van der Waals surface area contributed by atoms with E-state index >= 15 is 0 Å². The zero-order valence-electron chi connectivity index (χ0n) is 9.67. The average molecular weight is 276 g/mol. The Balaban J connectivity index is 2.49. The van der Waals surface area contributed by atoms with Gasteiger partial charge < -0.3 is 15.7 Å². The van der Waals surface area contributed by atoms with E-state index in [1.165, 1.54) is 0 Å². The van der Waals surface area contributed by atoms with Gasteiger partial charge >= 0.3 is 5.97 Å². The van der Waals surface area contributed by atoms with Crippen molar-refractivity contribution in [1.29, 1.82) is 0 Å². The highest BCUT2D eigenvalue weighted by atomic mass is 19.2. The molecule has 1 aromatic rings. The van der Waals surface area contributed by atoms with Gasteiger partial charge in [-0.25, -0.2) is 13.2 Å². The van der Waals surface area contributed by atoms with Gasteiger partial charge in [0.15, 0.2) is 17.5 Å². The summed E-state index contributed by atoms with van der Waals surface area (Å²) in [6, 6.07) is 1.58. The van der Waals surface area contributed by atoms with Crippen molar-refractivity contribution >= 4 is 17.6 Å². The molecule has 0 bridgehead atoms. The largest absolute Gasteiger partial charge is 0.481 e. The molecule has 0 spiro atoms. The molecule has 0 aliphatic rings. The molecule has 8 heteroatoms. The number of nitrogens with one attached hydrogen (secondary N) is 2. The molecule has 1 rings (SSSR count). The van der Waals surface area contributed by atoms with Crippen LogP contribution in [0.2, 0.25) is 0 Å². The molecule has 0 saturated heterocycles. The summed E-state index contributed by atoms with van der Waals surface area (Å²) >= 11 is 0. The minimum Gasteiger partial charge on any atom is -0.481 e. The lowest BCUT2D eigenvalue weighted by molar-refractivity contribution is -0.137. The molecule has 0 radical (unpaired) electrons. The van der Waals surface area contributed by atoms with Crippen molar-refractivity contribution in [2.45, 2.75) is 6.42 Å². The standard InChI is InChI=1S/C11H11F3N2O3/c12-6-1-2-7(11(14)10(6)13)16-8(17)5-15-4-3-9(18)19/h1-2,15H,3-5H2,(H,16,17)(H,18,19). The smallest absolute Gasteiger partial charge is 0.304 e. The third kappa shape index (κ3) is 4.59. The van der Waals surface area contributed by atoms with Gasteiger partial charge in [-0.15, -0.1) is 0 Å². The van der Waals surface area contributed by atoms with Crippen molar-refractivity contribution in [3.63, 3.8) is 0 Å². The molecule has 3 N–H and O–H groups in total. The average Bonchev–Trinajstić information content (AvgIpc) is 2.35. The molecule has 1 amide bonds. The van der Waals surface area contributed by atoms with Crippen molar-refractivity contribution in [2.24, 2.45) is 0 Å². The first kappa shape index (κ1) is 15.0. The number of rotatable bonds is 6.